The van der Waals surface area contributed by atoms with Crippen molar-refractivity contribution in [1.29, 1.82) is 0 Å². The van der Waals surface area contributed by atoms with Crippen LogP contribution in [-0.4, -0.2) is 43.6 Å². The molecule has 0 fully saturated rings. The van der Waals surface area contributed by atoms with Crippen LogP contribution in [0.5, 0.6) is 5.75 Å². The lowest BCUT2D eigenvalue weighted by molar-refractivity contribution is -0.688. The maximum absolute atomic E-state index is 9.68. The predicted molar refractivity (Wildman–Crippen MR) is 80.1 cm³/mol. The summed E-state index contributed by atoms with van der Waals surface area (Å²) in [6, 6.07) is 8.60. The van der Waals surface area contributed by atoms with E-state index in [1.807, 2.05) is 12.1 Å². The molecule has 0 aliphatic rings. The number of hydrogen-bond acceptors (Lipinski definition) is 3. The normalized spacial score (nSPS) is 12.7. The molecule has 1 atom stereocenters. The van der Waals surface area contributed by atoms with Crippen molar-refractivity contribution in [2.75, 3.05) is 26.4 Å². The van der Waals surface area contributed by atoms with E-state index in [0.29, 0.717) is 32.4 Å². The summed E-state index contributed by atoms with van der Waals surface area (Å²) in [5.41, 5.74) is 1.30. The average molecular weight is 282 g/mol. The average Bonchev–Trinajstić information content (AvgIpc) is 2.45. The summed E-state index contributed by atoms with van der Waals surface area (Å²) in [5.74, 6) is 0.861. The highest BCUT2D eigenvalue weighted by molar-refractivity contribution is 5.27. The van der Waals surface area contributed by atoms with Crippen LogP contribution in [0.4, 0.5) is 0 Å². The van der Waals surface area contributed by atoms with E-state index >= 15 is 0 Å². The molecular weight excluding hydrogens is 254 g/mol. The van der Waals surface area contributed by atoms with Crippen molar-refractivity contribution in [3.8, 4) is 5.75 Å². The number of quaternary nitrogens is 1. The molecule has 0 aromatic heterocycles. The minimum Gasteiger partial charge on any atom is -0.491 e. The Hall–Kier alpha value is -1.10. The van der Waals surface area contributed by atoms with Crippen molar-refractivity contribution in [1.82, 2.24) is 0 Å². The Morgan fingerprint density at radius 1 is 1.15 bits per heavy atom. The number of ether oxygens (including phenoxy) is 2. The lowest BCUT2D eigenvalue weighted by atomic mass is 10.2. The summed E-state index contributed by atoms with van der Waals surface area (Å²) in [7, 11) is 0. The van der Waals surface area contributed by atoms with Gasteiger partial charge in [0, 0.05) is 0 Å². The molecule has 1 aromatic carbocycles. The van der Waals surface area contributed by atoms with E-state index in [9.17, 15) is 5.11 Å². The van der Waals surface area contributed by atoms with Crippen molar-refractivity contribution in [3.05, 3.63) is 29.8 Å². The van der Waals surface area contributed by atoms with Crippen LogP contribution in [0.25, 0.3) is 0 Å². The molecule has 1 aromatic rings. The lowest BCUT2D eigenvalue weighted by Gasteiger charge is -2.12. The second-order valence-electron chi connectivity index (χ2n) is 5.29. The quantitative estimate of drug-likeness (QED) is 0.629. The minimum atomic E-state index is -0.416. The second-order valence-corrected chi connectivity index (χ2v) is 5.29. The standard InChI is InChI=1S/C16H27NO3/c1-4-14-5-7-16(8-6-14)20-10-9-19-12-15(18)11-17-13(2)3/h5-8,13,15,17-18H,4,9-12H2,1-3H3/p+1/t15-/m1/s1. The maximum atomic E-state index is 9.68. The number of rotatable bonds is 10. The second kappa shape index (κ2) is 9.75. The third-order valence-corrected chi connectivity index (χ3v) is 3.02. The number of benzene rings is 1. The van der Waals surface area contributed by atoms with Crippen molar-refractivity contribution in [3.63, 3.8) is 0 Å². The summed E-state index contributed by atoms with van der Waals surface area (Å²) >= 11 is 0. The van der Waals surface area contributed by atoms with Gasteiger partial charge in [-0.1, -0.05) is 19.1 Å². The van der Waals surface area contributed by atoms with E-state index in [-0.39, 0.29) is 0 Å². The number of aryl methyl sites for hydroxylation is 1. The van der Waals surface area contributed by atoms with Crippen molar-refractivity contribution < 1.29 is 19.9 Å². The topological polar surface area (TPSA) is 55.3 Å². The number of nitrogens with two attached hydrogens (primary N) is 1. The molecule has 0 spiro atoms. The van der Waals surface area contributed by atoms with Crippen LogP contribution in [0.1, 0.15) is 26.3 Å². The van der Waals surface area contributed by atoms with Gasteiger partial charge in [-0.05, 0) is 38.0 Å². The third kappa shape index (κ3) is 7.48. The first kappa shape index (κ1) is 17.0. The first-order valence-corrected chi connectivity index (χ1v) is 7.42. The third-order valence-electron chi connectivity index (χ3n) is 3.02. The van der Waals surface area contributed by atoms with E-state index < -0.39 is 6.10 Å². The SMILES string of the molecule is CCc1ccc(OCCOC[C@H](O)C[NH2+]C(C)C)cc1. The molecule has 0 amide bonds. The Kier molecular flexibility index (Phi) is 8.26. The van der Waals surface area contributed by atoms with Gasteiger partial charge < -0.3 is 19.9 Å². The number of hydrogen-bond donors (Lipinski definition) is 2. The summed E-state index contributed by atoms with van der Waals surface area (Å²) in [5, 5.41) is 11.8. The Morgan fingerprint density at radius 3 is 2.45 bits per heavy atom. The molecule has 20 heavy (non-hydrogen) atoms. The molecule has 114 valence electrons. The predicted octanol–water partition coefficient (Wildman–Crippen LogP) is 0.977. The molecule has 0 saturated heterocycles. The zero-order valence-electron chi connectivity index (χ0n) is 12.8. The highest BCUT2D eigenvalue weighted by Crippen LogP contribution is 2.12. The zero-order chi connectivity index (χ0) is 14.8. The van der Waals surface area contributed by atoms with Crippen molar-refractivity contribution >= 4 is 0 Å². The highest BCUT2D eigenvalue weighted by atomic mass is 16.5. The van der Waals surface area contributed by atoms with Gasteiger partial charge in [0.2, 0.25) is 0 Å². The van der Waals surface area contributed by atoms with E-state index in [1.54, 1.807) is 0 Å². The van der Waals surface area contributed by atoms with Gasteiger partial charge in [-0.25, -0.2) is 0 Å². The molecule has 0 aliphatic heterocycles. The van der Waals surface area contributed by atoms with Gasteiger partial charge in [-0.3, -0.25) is 0 Å². The smallest absolute Gasteiger partial charge is 0.126 e. The van der Waals surface area contributed by atoms with Crippen LogP contribution in [0.15, 0.2) is 24.3 Å². The van der Waals surface area contributed by atoms with E-state index in [1.165, 1.54) is 5.56 Å². The fourth-order valence-electron chi connectivity index (χ4n) is 1.76. The molecule has 0 saturated carbocycles. The van der Waals surface area contributed by atoms with Gasteiger partial charge in [-0.2, -0.15) is 0 Å². The van der Waals surface area contributed by atoms with Gasteiger partial charge >= 0.3 is 0 Å². The van der Waals surface area contributed by atoms with E-state index in [2.05, 4.69) is 38.2 Å². The molecule has 0 radical (unpaired) electrons. The van der Waals surface area contributed by atoms with Gasteiger partial charge in [0.1, 0.15) is 25.0 Å². The van der Waals surface area contributed by atoms with Gasteiger partial charge in [0.15, 0.2) is 0 Å². The van der Waals surface area contributed by atoms with E-state index in [4.69, 9.17) is 9.47 Å². The lowest BCUT2D eigenvalue weighted by Crippen LogP contribution is -2.90. The molecule has 0 unspecified atom stereocenters. The largest absolute Gasteiger partial charge is 0.491 e. The summed E-state index contributed by atoms with van der Waals surface area (Å²) in [6.45, 7) is 8.38. The van der Waals surface area contributed by atoms with Crippen LogP contribution in [0, 0.1) is 0 Å². The fourth-order valence-corrected chi connectivity index (χ4v) is 1.76. The van der Waals surface area contributed by atoms with Crippen LogP contribution >= 0.6 is 0 Å². The van der Waals surface area contributed by atoms with Gasteiger partial charge in [0.05, 0.1) is 19.3 Å². The Bertz CT molecular complexity index is 351. The Morgan fingerprint density at radius 2 is 1.85 bits per heavy atom. The molecule has 0 bridgehead atoms. The summed E-state index contributed by atoms with van der Waals surface area (Å²) < 4.78 is 11.0. The van der Waals surface area contributed by atoms with Gasteiger partial charge in [0.25, 0.3) is 0 Å². The molecule has 4 heteroatoms. The first-order chi connectivity index (χ1) is 9.61. The molecule has 0 aliphatic carbocycles. The van der Waals surface area contributed by atoms with Crippen molar-refractivity contribution in [2.45, 2.75) is 39.3 Å². The summed E-state index contributed by atoms with van der Waals surface area (Å²) in [4.78, 5) is 0. The van der Waals surface area contributed by atoms with Gasteiger partial charge in [-0.15, -0.1) is 0 Å². The minimum absolute atomic E-state index is 0.362. The highest BCUT2D eigenvalue weighted by Gasteiger charge is 2.07. The van der Waals surface area contributed by atoms with Crippen LogP contribution < -0.4 is 10.1 Å². The summed E-state index contributed by atoms with van der Waals surface area (Å²) in [6.07, 6.45) is 0.621. The fraction of sp³-hybridized carbons (Fsp3) is 0.625. The molecular formula is C16H28NO3+. The Balaban J connectivity index is 2.06. The number of aliphatic hydroxyl groups is 1. The van der Waals surface area contributed by atoms with E-state index in [0.717, 1.165) is 12.2 Å². The molecule has 4 nitrogen and oxygen atoms in total. The number of aliphatic hydroxyl groups excluding tert-OH is 1. The Labute approximate surface area is 122 Å². The van der Waals surface area contributed by atoms with Crippen LogP contribution in [0.2, 0.25) is 0 Å². The monoisotopic (exact) mass is 282 g/mol. The maximum Gasteiger partial charge on any atom is 0.126 e. The molecule has 3 N–H and O–H groups in total. The molecule has 1 rings (SSSR count). The van der Waals surface area contributed by atoms with Crippen LogP contribution in [-0.2, 0) is 11.2 Å². The van der Waals surface area contributed by atoms with Crippen LogP contribution in [0.3, 0.4) is 0 Å². The van der Waals surface area contributed by atoms with Crippen molar-refractivity contribution in [2.24, 2.45) is 0 Å². The first-order valence-electron chi connectivity index (χ1n) is 7.42. The zero-order valence-corrected chi connectivity index (χ0v) is 12.8. The molecule has 0 heterocycles.